The van der Waals surface area contributed by atoms with Gasteiger partial charge in [0.1, 0.15) is 57.1 Å². The summed E-state index contributed by atoms with van der Waals surface area (Å²) < 4.78 is 41.7. The molecule has 6 heterocycles. The molecule has 0 radical (unpaired) electrons. The lowest BCUT2D eigenvalue weighted by Gasteiger charge is -2.48. The average Bonchev–Trinajstić information content (AvgIpc) is 3.45. The van der Waals surface area contributed by atoms with E-state index in [0.717, 1.165) is 44.6 Å². The van der Waals surface area contributed by atoms with Crippen LogP contribution >= 0.6 is 34.4 Å². The number of fused-ring (bicyclic) bond motifs is 5. The zero-order valence-electron chi connectivity index (χ0n) is 33.9. The summed E-state index contributed by atoms with van der Waals surface area (Å²) in [6.07, 6.45) is 2.70. The molecule has 0 N–H and O–H groups in total. The molecule has 0 saturated carbocycles. The maximum Gasteiger partial charge on any atom is 0.410 e. The van der Waals surface area contributed by atoms with Crippen LogP contribution in [0.5, 0.6) is 17.4 Å². The fourth-order valence-corrected chi connectivity index (χ4v) is 9.24. The number of nitrogens with zero attached hydrogens (tertiary/aromatic N) is 7. The average molecular weight is 920 g/mol. The van der Waals surface area contributed by atoms with Crippen molar-refractivity contribution < 1.29 is 28.1 Å². The summed E-state index contributed by atoms with van der Waals surface area (Å²) in [5.41, 5.74) is 2.94. The molecule has 3 aliphatic heterocycles. The van der Waals surface area contributed by atoms with Crippen LogP contribution in [0.2, 0.25) is 0 Å². The van der Waals surface area contributed by atoms with Gasteiger partial charge in [0.15, 0.2) is 11.0 Å². The summed E-state index contributed by atoms with van der Waals surface area (Å²) in [5.74, 6) is 2.40. The topological polar surface area (TPSA) is 115 Å². The van der Waals surface area contributed by atoms with Gasteiger partial charge in [-0.05, 0) is 123 Å². The van der Waals surface area contributed by atoms with Gasteiger partial charge in [0.2, 0.25) is 5.88 Å². The first-order chi connectivity index (χ1) is 27.8. The van der Waals surface area contributed by atoms with Gasteiger partial charge in [-0.2, -0.15) is 0 Å². The van der Waals surface area contributed by atoms with E-state index in [4.69, 9.17) is 38.9 Å². The minimum Gasteiger partial charge on any atom is -0.497 e. The predicted octanol–water partition coefficient (Wildman–Crippen LogP) is 8.82. The van der Waals surface area contributed by atoms with Gasteiger partial charge in [-0.15, -0.1) is 0 Å². The number of hydrogen-bond acceptors (Lipinski definition) is 12. The van der Waals surface area contributed by atoms with E-state index in [1.807, 2.05) is 100 Å². The number of pyridine rings is 2. The summed E-state index contributed by atoms with van der Waals surface area (Å²) in [4.78, 5) is 39.8. The number of aromatic nitrogens is 4. The summed E-state index contributed by atoms with van der Waals surface area (Å²) in [7, 11) is 3.30. The first kappa shape index (κ1) is 40.2. The molecule has 5 aromatic rings. The molecule has 3 aliphatic rings. The second-order valence-electron chi connectivity index (χ2n) is 16.0. The highest BCUT2D eigenvalue weighted by Crippen LogP contribution is 2.47. The zero-order chi connectivity index (χ0) is 41.0. The lowest BCUT2D eigenvalue weighted by molar-refractivity contribution is 0.000947. The Labute approximate surface area is 356 Å². The number of amides is 1. The highest BCUT2D eigenvalue weighted by atomic mass is 127. The van der Waals surface area contributed by atoms with Crippen LogP contribution in [0, 0.1) is 16.3 Å². The number of methoxy groups -OCH3 is 2. The lowest BCUT2D eigenvalue weighted by Crippen LogP contribution is -2.65. The third-order valence-corrected chi connectivity index (χ3v) is 12.9. The van der Waals surface area contributed by atoms with Gasteiger partial charge in [0, 0.05) is 23.2 Å². The Bertz CT molecular complexity index is 2310. The number of piperazine rings is 1. The molecule has 2 saturated heterocycles. The number of benzene rings is 2. The Morgan fingerprint density at radius 3 is 2.19 bits per heavy atom. The Hall–Kier alpha value is -4.64. The van der Waals surface area contributed by atoms with Crippen LogP contribution in [0.3, 0.4) is 0 Å². The Morgan fingerprint density at radius 1 is 0.966 bits per heavy atom. The molecule has 3 aromatic heterocycles. The van der Waals surface area contributed by atoms with Crippen LogP contribution in [0.25, 0.3) is 22.3 Å². The smallest absolute Gasteiger partial charge is 0.410 e. The summed E-state index contributed by atoms with van der Waals surface area (Å²) in [5, 5.41) is 0.847. The minimum absolute atomic E-state index is 0.0476. The molecule has 1 amide bonds. The van der Waals surface area contributed by atoms with Gasteiger partial charge in [-0.1, -0.05) is 36.0 Å². The van der Waals surface area contributed by atoms with Gasteiger partial charge in [-0.25, -0.2) is 29.1 Å². The number of halogens is 2. The van der Waals surface area contributed by atoms with E-state index >= 15 is 4.39 Å². The summed E-state index contributed by atoms with van der Waals surface area (Å²) in [6.45, 7) is 11.2. The molecule has 2 bridgehead atoms. The maximum atomic E-state index is 17.4. The Morgan fingerprint density at radius 2 is 1.60 bits per heavy atom. The lowest BCUT2D eigenvalue weighted by atomic mass is 9.98. The van der Waals surface area contributed by atoms with E-state index in [-0.39, 0.29) is 41.3 Å². The van der Waals surface area contributed by atoms with Crippen molar-refractivity contribution in [1.29, 1.82) is 0 Å². The van der Waals surface area contributed by atoms with Crippen molar-refractivity contribution in [3.05, 3.63) is 80.7 Å². The van der Waals surface area contributed by atoms with Gasteiger partial charge in [-0.3, -0.25) is 4.90 Å². The SMILES string of the molecule is COc1ccc(CN(Cc2ccc(OC)cc2)c2cc(C)c(I)c(-c3nc4c5c(nc(SC)nc5c3F)N3C[C@H]5CC[C@@H]([C@H]3[C@H](C)O4)N5C(=O)OC(C)(C)C)n2)cc1. The molecule has 15 heteroatoms. The summed E-state index contributed by atoms with van der Waals surface area (Å²) in [6, 6.07) is 17.3. The third kappa shape index (κ3) is 7.55. The van der Waals surface area contributed by atoms with Crippen LogP contribution in [0.15, 0.2) is 59.8 Å². The molecule has 4 atom stereocenters. The maximum absolute atomic E-state index is 17.4. The number of thioether (sulfide) groups is 1. The molecule has 58 heavy (non-hydrogen) atoms. The van der Waals surface area contributed by atoms with Gasteiger partial charge >= 0.3 is 6.09 Å². The molecule has 0 aliphatic carbocycles. The van der Waals surface area contributed by atoms with Crippen molar-refractivity contribution in [3.63, 3.8) is 0 Å². The van der Waals surface area contributed by atoms with E-state index < -0.39 is 17.5 Å². The molecule has 2 fully saturated rings. The number of aryl methyl sites for hydroxylation is 1. The second kappa shape index (κ2) is 15.8. The quantitative estimate of drug-likeness (QED) is 0.0800. The molecule has 0 spiro atoms. The molecular formula is C43H47FIN7O5S. The Balaban J connectivity index is 1.23. The molecule has 12 nitrogen and oxygen atoms in total. The minimum atomic E-state index is -0.636. The number of anilines is 2. The van der Waals surface area contributed by atoms with Crippen molar-refractivity contribution >= 4 is 63.0 Å². The van der Waals surface area contributed by atoms with E-state index in [2.05, 4.69) is 32.4 Å². The van der Waals surface area contributed by atoms with Crippen LogP contribution in [-0.4, -0.2) is 87.8 Å². The van der Waals surface area contributed by atoms with Crippen molar-refractivity contribution in [2.75, 3.05) is 36.8 Å². The normalized spacial score (nSPS) is 19.7. The zero-order valence-corrected chi connectivity index (χ0v) is 36.9. The molecular weight excluding hydrogens is 872 g/mol. The molecule has 8 rings (SSSR count). The number of carbonyl (C=O) groups is 1. The van der Waals surface area contributed by atoms with E-state index in [0.29, 0.717) is 47.5 Å². The van der Waals surface area contributed by atoms with Crippen molar-refractivity contribution in [3.8, 4) is 28.8 Å². The summed E-state index contributed by atoms with van der Waals surface area (Å²) >= 11 is 3.57. The highest BCUT2D eigenvalue weighted by molar-refractivity contribution is 14.1. The third-order valence-electron chi connectivity index (χ3n) is 11.0. The molecule has 0 unspecified atom stereocenters. The van der Waals surface area contributed by atoms with Crippen molar-refractivity contribution in [2.45, 2.75) is 95.5 Å². The van der Waals surface area contributed by atoms with Gasteiger partial charge in [0.05, 0.1) is 32.3 Å². The van der Waals surface area contributed by atoms with E-state index in [1.54, 1.807) is 14.2 Å². The monoisotopic (exact) mass is 919 g/mol. The standard InChI is InChI=1S/C43H47FIN7O5S/c1-23-19-31(50(20-25-9-14-28(54-6)15-10-25)21-26-11-16-29(55-7)17-12-26)46-37(34(23)45)36-33(44)35-32-39(49-41(48-35)58-8)51-22-27-13-18-30(38(51)24(2)56-40(32)47-36)52(27)42(53)57-43(3,4)5/h9-12,14-17,19,24,27,30,38H,13,18,20-22H2,1-8H3/t24-,27+,30-,38+/m0/s1. The van der Waals surface area contributed by atoms with Crippen molar-refractivity contribution in [2.24, 2.45) is 0 Å². The first-order valence-electron chi connectivity index (χ1n) is 19.3. The van der Waals surface area contributed by atoms with E-state index in [9.17, 15) is 4.79 Å². The second-order valence-corrected chi connectivity index (χ2v) is 17.9. The van der Waals surface area contributed by atoms with Crippen LogP contribution < -0.4 is 24.0 Å². The largest absolute Gasteiger partial charge is 0.497 e. The van der Waals surface area contributed by atoms with Crippen molar-refractivity contribution in [1.82, 2.24) is 24.8 Å². The number of hydrogen-bond donors (Lipinski definition) is 0. The number of ether oxygens (including phenoxy) is 4. The molecule has 304 valence electrons. The highest BCUT2D eigenvalue weighted by Gasteiger charge is 2.54. The molecule has 2 aromatic carbocycles. The first-order valence-corrected chi connectivity index (χ1v) is 21.6. The van der Waals surface area contributed by atoms with Gasteiger partial charge in [0.25, 0.3) is 0 Å². The fourth-order valence-electron chi connectivity index (χ4n) is 8.35. The van der Waals surface area contributed by atoms with Crippen LogP contribution in [0.4, 0.5) is 20.8 Å². The van der Waals surface area contributed by atoms with Crippen LogP contribution in [0.1, 0.15) is 57.2 Å². The fraction of sp³-hybridized carbons (Fsp3) is 0.419. The Kier molecular flexibility index (Phi) is 11.0. The number of carbonyl (C=O) groups excluding carboxylic acids is 1. The number of rotatable bonds is 9. The van der Waals surface area contributed by atoms with Gasteiger partial charge < -0.3 is 28.7 Å². The van der Waals surface area contributed by atoms with Crippen LogP contribution in [-0.2, 0) is 17.8 Å². The predicted molar refractivity (Wildman–Crippen MR) is 232 cm³/mol. The van der Waals surface area contributed by atoms with E-state index in [1.165, 1.54) is 11.8 Å².